The first-order chi connectivity index (χ1) is 20.6. The Labute approximate surface area is 241 Å². The van der Waals surface area contributed by atoms with Crippen LogP contribution in [0, 0.1) is 0 Å². The summed E-state index contributed by atoms with van der Waals surface area (Å²) < 4.78 is 9.09. The third-order valence-electron chi connectivity index (χ3n) is 7.01. The van der Waals surface area contributed by atoms with Crippen molar-refractivity contribution in [1.29, 1.82) is 0 Å². The largest absolute Gasteiger partial charge is 0.478 e. The van der Waals surface area contributed by atoms with E-state index in [9.17, 15) is 38.7 Å². The Morgan fingerprint density at radius 1 is 0.605 bits per heavy atom. The van der Waals surface area contributed by atoms with Crippen LogP contribution in [0.4, 0.5) is 5.69 Å². The number of carboxylic acid groups (broad SMARTS) is 1. The highest BCUT2D eigenvalue weighted by Crippen LogP contribution is 2.28. The van der Waals surface area contributed by atoms with Gasteiger partial charge in [0.05, 0.1) is 27.8 Å². The van der Waals surface area contributed by atoms with Gasteiger partial charge in [0, 0.05) is 23.2 Å². The molecular formula is C32H17NO10. The number of cyclic esters (lactones) is 4. The number of carbonyl (C=O) groups excluding carboxylic acids is 6. The molecule has 0 radical (unpaired) electrons. The molecule has 4 aromatic rings. The van der Waals surface area contributed by atoms with Gasteiger partial charge in [-0.1, -0.05) is 30.3 Å². The number of ketones is 1. The molecule has 0 fully saturated rings. The SMILES string of the molecule is O=C(Cc1ccc(-c2ccc(NC(=O)c3ccc4c(c3)C(=O)OC4=O)cc2)c(C(=O)O)c1)c1ccc2c(c1)C(=O)OC2=O. The number of benzene rings is 4. The number of amides is 1. The van der Waals surface area contributed by atoms with E-state index in [0.717, 1.165) is 0 Å². The number of rotatable bonds is 7. The molecule has 0 atom stereocenters. The summed E-state index contributed by atoms with van der Waals surface area (Å²) in [5, 5.41) is 12.6. The fourth-order valence-corrected chi connectivity index (χ4v) is 4.84. The fraction of sp³-hybridized carbons (Fsp3) is 0.0312. The van der Waals surface area contributed by atoms with Gasteiger partial charge in [-0.25, -0.2) is 24.0 Å². The predicted molar refractivity (Wildman–Crippen MR) is 147 cm³/mol. The molecule has 2 heterocycles. The van der Waals surface area contributed by atoms with Crippen LogP contribution < -0.4 is 5.32 Å². The molecule has 11 heteroatoms. The predicted octanol–water partition coefficient (Wildman–Crippen LogP) is 4.35. The molecule has 6 rings (SSSR count). The Morgan fingerprint density at radius 2 is 1.14 bits per heavy atom. The Hall–Kier alpha value is -6.23. The van der Waals surface area contributed by atoms with Crippen LogP contribution in [0.2, 0.25) is 0 Å². The number of nitrogens with one attached hydrogen (secondary N) is 1. The van der Waals surface area contributed by atoms with Gasteiger partial charge in [-0.15, -0.1) is 0 Å². The van der Waals surface area contributed by atoms with Crippen molar-refractivity contribution in [1.82, 2.24) is 0 Å². The lowest BCUT2D eigenvalue weighted by molar-refractivity contribution is 0.0425. The molecule has 0 bridgehead atoms. The number of fused-ring (bicyclic) bond motifs is 2. The number of hydrogen-bond donors (Lipinski definition) is 2. The molecule has 210 valence electrons. The molecule has 0 aliphatic carbocycles. The minimum absolute atomic E-state index is 0.00512. The lowest BCUT2D eigenvalue weighted by Crippen LogP contribution is -2.12. The highest BCUT2D eigenvalue weighted by atomic mass is 16.6. The molecule has 4 aromatic carbocycles. The third-order valence-corrected chi connectivity index (χ3v) is 7.01. The maximum Gasteiger partial charge on any atom is 0.346 e. The van der Waals surface area contributed by atoms with Crippen molar-refractivity contribution in [2.75, 3.05) is 5.32 Å². The first-order valence-electron chi connectivity index (χ1n) is 12.7. The molecule has 0 unspecified atom stereocenters. The lowest BCUT2D eigenvalue weighted by atomic mass is 9.94. The van der Waals surface area contributed by atoms with E-state index in [4.69, 9.17) is 0 Å². The smallest absolute Gasteiger partial charge is 0.346 e. The van der Waals surface area contributed by atoms with E-state index in [2.05, 4.69) is 14.8 Å². The minimum Gasteiger partial charge on any atom is -0.478 e. The quantitative estimate of drug-likeness (QED) is 0.183. The van der Waals surface area contributed by atoms with Crippen molar-refractivity contribution in [2.45, 2.75) is 6.42 Å². The van der Waals surface area contributed by atoms with Crippen LogP contribution in [-0.2, 0) is 15.9 Å². The minimum atomic E-state index is -1.21. The second kappa shape index (κ2) is 10.3. The van der Waals surface area contributed by atoms with E-state index in [0.29, 0.717) is 22.4 Å². The molecule has 0 saturated carbocycles. The summed E-state index contributed by atoms with van der Waals surface area (Å²) in [6.45, 7) is 0. The zero-order valence-electron chi connectivity index (χ0n) is 21.8. The van der Waals surface area contributed by atoms with Gasteiger partial charge in [-0.3, -0.25) is 9.59 Å². The summed E-state index contributed by atoms with van der Waals surface area (Å²) in [5.74, 6) is -5.33. The van der Waals surface area contributed by atoms with Gasteiger partial charge < -0.3 is 19.9 Å². The Morgan fingerprint density at radius 3 is 1.74 bits per heavy atom. The van der Waals surface area contributed by atoms with Crippen LogP contribution in [0.5, 0.6) is 0 Å². The van der Waals surface area contributed by atoms with Crippen molar-refractivity contribution in [3.8, 4) is 11.1 Å². The molecule has 11 nitrogen and oxygen atoms in total. The molecule has 0 aromatic heterocycles. The van der Waals surface area contributed by atoms with E-state index >= 15 is 0 Å². The zero-order valence-corrected chi connectivity index (χ0v) is 21.8. The number of hydrogen-bond acceptors (Lipinski definition) is 9. The van der Waals surface area contributed by atoms with Crippen molar-refractivity contribution in [3.63, 3.8) is 0 Å². The second-order valence-corrected chi connectivity index (χ2v) is 9.69. The fourth-order valence-electron chi connectivity index (χ4n) is 4.84. The van der Waals surface area contributed by atoms with E-state index < -0.39 is 35.8 Å². The zero-order chi connectivity index (χ0) is 30.4. The Bertz CT molecular complexity index is 1960. The van der Waals surface area contributed by atoms with Gasteiger partial charge in [-0.2, -0.15) is 0 Å². The molecule has 0 saturated heterocycles. The molecule has 43 heavy (non-hydrogen) atoms. The molecule has 2 N–H and O–H groups in total. The number of carboxylic acids is 1. The second-order valence-electron chi connectivity index (χ2n) is 9.69. The first-order valence-corrected chi connectivity index (χ1v) is 12.7. The van der Waals surface area contributed by atoms with Gasteiger partial charge in [-0.05, 0) is 65.2 Å². The van der Waals surface area contributed by atoms with Crippen LogP contribution in [0.1, 0.15) is 78.1 Å². The molecular weight excluding hydrogens is 558 g/mol. The third kappa shape index (κ3) is 4.95. The molecule has 2 aliphatic heterocycles. The van der Waals surface area contributed by atoms with Gasteiger partial charge in [0.25, 0.3) is 5.91 Å². The van der Waals surface area contributed by atoms with Crippen LogP contribution in [0.15, 0.2) is 78.9 Å². The summed E-state index contributed by atoms with van der Waals surface area (Å²) >= 11 is 0. The van der Waals surface area contributed by atoms with Crippen LogP contribution in [0.25, 0.3) is 11.1 Å². The van der Waals surface area contributed by atoms with E-state index in [-0.39, 0.29) is 51.1 Å². The highest BCUT2D eigenvalue weighted by molar-refractivity contribution is 6.17. The number of esters is 4. The summed E-state index contributed by atoms with van der Waals surface area (Å²) in [6.07, 6.45) is -0.151. The molecule has 2 aliphatic rings. The normalized spacial score (nSPS) is 13.2. The van der Waals surface area contributed by atoms with Crippen molar-refractivity contribution >= 4 is 47.2 Å². The van der Waals surface area contributed by atoms with Gasteiger partial charge in [0.1, 0.15) is 0 Å². The topological polar surface area (TPSA) is 170 Å². The van der Waals surface area contributed by atoms with Gasteiger partial charge in [0.2, 0.25) is 0 Å². The van der Waals surface area contributed by atoms with Crippen molar-refractivity contribution in [3.05, 3.63) is 123 Å². The lowest BCUT2D eigenvalue weighted by Gasteiger charge is -2.11. The number of aromatic carboxylic acids is 1. The Kier molecular flexibility index (Phi) is 6.46. The summed E-state index contributed by atoms with van der Waals surface area (Å²) in [5.41, 5.74) is 2.18. The van der Waals surface area contributed by atoms with Gasteiger partial charge >= 0.3 is 29.8 Å². The molecule has 1 amide bonds. The standard InChI is InChI=1S/C32H17NO10/c34-26(17-4-9-21-24(13-17)31(40)42-29(21)38)12-15-1-8-20(23(11-15)28(36)37)16-2-6-19(7-3-16)33-27(35)18-5-10-22-25(14-18)32(41)43-30(22)39/h1-11,13-14H,12H2,(H,33,35)(H,36,37). The monoisotopic (exact) mass is 575 g/mol. The maximum atomic E-state index is 12.9. The average molecular weight is 575 g/mol. The highest BCUT2D eigenvalue weighted by Gasteiger charge is 2.31. The van der Waals surface area contributed by atoms with Crippen molar-refractivity contribution in [2.24, 2.45) is 0 Å². The first kappa shape index (κ1) is 27.0. The summed E-state index contributed by atoms with van der Waals surface area (Å²) in [4.78, 5) is 84.6. The Balaban J connectivity index is 1.18. The van der Waals surface area contributed by atoms with E-state index in [1.54, 1.807) is 36.4 Å². The van der Waals surface area contributed by atoms with Gasteiger partial charge in [0.15, 0.2) is 5.78 Å². The average Bonchev–Trinajstić information content (AvgIpc) is 3.45. The molecule has 0 spiro atoms. The van der Waals surface area contributed by atoms with Crippen LogP contribution in [0.3, 0.4) is 0 Å². The van der Waals surface area contributed by atoms with E-state index in [1.807, 2.05) is 0 Å². The summed E-state index contributed by atoms with van der Waals surface area (Å²) in [6, 6.07) is 19.0. The van der Waals surface area contributed by atoms with Crippen LogP contribution in [-0.4, -0.2) is 46.6 Å². The number of Topliss-reactive ketones (excluding diaryl/α,β-unsaturated/α-hetero) is 1. The van der Waals surface area contributed by atoms with Crippen LogP contribution >= 0.6 is 0 Å². The number of ether oxygens (including phenoxy) is 2. The number of anilines is 1. The number of carbonyl (C=O) groups is 7. The maximum absolute atomic E-state index is 12.9. The summed E-state index contributed by atoms with van der Waals surface area (Å²) in [7, 11) is 0. The van der Waals surface area contributed by atoms with E-state index in [1.165, 1.54) is 42.5 Å². The van der Waals surface area contributed by atoms with Crippen molar-refractivity contribution < 1.29 is 48.1 Å².